The molecule has 1 aromatic carbocycles. The summed E-state index contributed by atoms with van der Waals surface area (Å²) in [5.41, 5.74) is 0.852. The lowest BCUT2D eigenvalue weighted by atomic mass is 9.97. The Balaban J connectivity index is 1.66. The van der Waals surface area contributed by atoms with E-state index in [1.54, 1.807) is 29.2 Å². The topological polar surface area (TPSA) is 50.2 Å². The van der Waals surface area contributed by atoms with E-state index in [0.717, 1.165) is 29.5 Å². The Morgan fingerprint density at radius 1 is 1.11 bits per heavy atom. The van der Waals surface area contributed by atoms with E-state index in [4.69, 9.17) is 0 Å². The van der Waals surface area contributed by atoms with Crippen molar-refractivity contribution in [2.24, 2.45) is 0 Å². The maximum Gasteiger partial charge on any atom is 0.410 e. The summed E-state index contributed by atoms with van der Waals surface area (Å²) in [6.45, 7) is 1.26. The van der Waals surface area contributed by atoms with Crippen LogP contribution >= 0.6 is 0 Å². The number of likely N-dealkylation sites (tertiary alicyclic amines) is 1. The quantitative estimate of drug-likeness (QED) is 0.853. The molecular formula is C19H21F3N4O. The van der Waals surface area contributed by atoms with Crippen LogP contribution in [0.5, 0.6) is 0 Å². The Bertz CT molecular complexity index is 812. The molecular weight excluding hydrogens is 357 g/mol. The molecule has 0 saturated carbocycles. The molecule has 0 bridgehead atoms. The molecule has 2 aliphatic rings. The maximum atomic E-state index is 13.7. The number of carbonyl (C=O) groups is 1. The first-order valence-corrected chi connectivity index (χ1v) is 9.20. The van der Waals surface area contributed by atoms with Crippen molar-refractivity contribution in [1.82, 2.24) is 14.7 Å². The average molecular weight is 378 g/mol. The standard InChI is InChI=1S/C19H21F3N4O/c20-19(21,22)16-11-14(13-7-3-1-4-8-13)23-17-12-15(24-26(16)17)18(27)25-9-5-2-6-10-25/h1,3-4,7-8,12,14,16,23H,2,5-6,9-11H2. The van der Waals surface area contributed by atoms with Gasteiger partial charge in [-0.15, -0.1) is 0 Å². The van der Waals surface area contributed by atoms with Gasteiger partial charge in [0, 0.05) is 25.6 Å². The van der Waals surface area contributed by atoms with Crippen molar-refractivity contribution in [1.29, 1.82) is 0 Å². The van der Waals surface area contributed by atoms with Crippen molar-refractivity contribution in [2.75, 3.05) is 18.4 Å². The van der Waals surface area contributed by atoms with E-state index < -0.39 is 18.3 Å². The van der Waals surface area contributed by atoms with Gasteiger partial charge in [-0.05, 0) is 24.8 Å². The number of carbonyl (C=O) groups excluding carboxylic acids is 1. The third-order valence-corrected chi connectivity index (χ3v) is 5.25. The highest BCUT2D eigenvalue weighted by Crippen LogP contribution is 2.43. The summed E-state index contributed by atoms with van der Waals surface area (Å²) in [5, 5.41) is 7.17. The Hall–Kier alpha value is -2.51. The number of nitrogens with one attached hydrogen (secondary N) is 1. The first-order chi connectivity index (χ1) is 12.9. The predicted octanol–water partition coefficient (Wildman–Crippen LogP) is 4.17. The van der Waals surface area contributed by atoms with Gasteiger partial charge in [-0.3, -0.25) is 4.79 Å². The van der Waals surface area contributed by atoms with Crippen molar-refractivity contribution in [3.05, 3.63) is 47.7 Å². The number of aromatic nitrogens is 2. The molecule has 27 heavy (non-hydrogen) atoms. The van der Waals surface area contributed by atoms with Gasteiger partial charge in [0.1, 0.15) is 5.82 Å². The molecule has 1 aromatic heterocycles. The summed E-state index contributed by atoms with van der Waals surface area (Å²) in [6.07, 6.45) is -1.71. The lowest BCUT2D eigenvalue weighted by Crippen LogP contribution is -2.37. The normalized spacial score (nSPS) is 22.9. The predicted molar refractivity (Wildman–Crippen MR) is 94.5 cm³/mol. The Labute approximate surface area is 155 Å². The molecule has 2 atom stereocenters. The van der Waals surface area contributed by atoms with Gasteiger partial charge in [-0.2, -0.15) is 18.3 Å². The number of piperidine rings is 1. The largest absolute Gasteiger partial charge is 0.410 e. The van der Waals surface area contributed by atoms with Crippen LogP contribution in [0.1, 0.15) is 53.8 Å². The van der Waals surface area contributed by atoms with Crippen molar-refractivity contribution in [2.45, 2.75) is 43.9 Å². The Morgan fingerprint density at radius 2 is 1.81 bits per heavy atom. The number of rotatable bonds is 2. The highest BCUT2D eigenvalue weighted by Gasteiger charge is 2.47. The summed E-state index contributed by atoms with van der Waals surface area (Å²) in [4.78, 5) is 14.3. The number of alkyl halides is 3. The van der Waals surface area contributed by atoms with E-state index in [9.17, 15) is 18.0 Å². The van der Waals surface area contributed by atoms with Crippen molar-refractivity contribution >= 4 is 11.7 Å². The van der Waals surface area contributed by atoms with Crippen LogP contribution in [0.3, 0.4) is 0 Å². The van der Waals surface area contributed by atoms with E-state index in [1.807, 2.05) is 6.07 Å². The fourth-order valence-corrected chi connectivity index (χ4v) is 3.84. The van der Waals surface area contributed by atoms with E-state index in [-0.39, 0.29) is 23.8 Å². The number of nitrogens with zero attached hydrogens (tertiary/aromatic N) is 3. The zero-order chi connectivity index (χ0) is 19.0. The van der Waals surface area contributed by atoms with Gasteiger partial charge in [0.05, 0.1) is 6.04 Å². The number of hydrogen-bond donors (Lipinski definition) is 1. The minimum atomic E-state index is -4.44. The van der Waals surface area contributed by atoms with Crippen LogP contribution in [0.15, 0.2) is 36.4 Å². The van der Waals surface area contributed by atoms with Crippen molar-refractivity contribution in [3.63, 3.8) is 0 Å². The Morgan fingerprint density at radius 3 is 2.48 bits per heavy atom. The summed E-state index contributed by atoms with van der Waals surface area (Å²) in [6, 6.07) is 8.24. The summed E-state index contributed by atoms with van der Waals surface area (Å²) >= 11 is 0. The molecule has 4 rings (SSSR count). The van der Waals surface area contributed by atoms with Gasteiger partial charge < -0.3 is 10.2 Å². The lowest BCUT2D eigenvalue weighted by molar-refractivity contribution is -0.173. The zero-order valence-corrected chi connectivity index (χ0v) is 14.7. The second-order valence-electron chi connectivity index (χ2n) is 7.11. The van der Waals surface area contributed by atoms with Crippen LogP contribution in [-0.4, -0.2) is 39.9 Å². The first kappa shape index (κ1) is 17.9. The summed E-state index contributed by atoms with van der Waals surface area (Å²) in [5.74, 6) is -0.0617. The summed E-state index contributed by atoms with van der Waals surface area (Å²) < 4.78 is 42.0. The number of benzene rings is 1. The van der Waals surface area contributed by atoms with E-state index in [2.05, 4.69) is 10.4 Å². The van der Waals surface area contributed by atoms with Gasteiger partial charge in [0.15, 0.2) is 11.7 Å². The number of anilines is 1. The van der Waals surface area contributed by atoms with Crippen LogP contribution < -0.4 is 5.32 Å². The van der Waals surface area contributed by atoms with Gasteiger partial charge in [0.2, 0.25) is 0 Å². The van der Waals surface area contributed by atoms with Crippen molar-refractivity contribution < 1.29 is 18.0 Å². The van der Waals surface area contributed by atoms with Gasteiger partial charge in [-0.25, -0.2) is 4.68 Å². The fraction of sp³-hybridized carbons (Fsp3) is 0.474. The molecule has 3 heterocycles. The molecule has 1 fully saturated rings. The fourth-order valence-electron chi connectivity index (χ4n) is 3.84. The third-order valence-electron chi connectivity index (χ3n) is 5.25. The molecule has 1 N–H and O–H groups in total. The lowest BCUT2D eigenvalue weighted by Gasteiger charge is -2.33. The van der Waals surface area contributed by atoms with Crippen LogP contribution in [0.4, 0.5) is 19.0 Å². The molecule has 2 unspecified atom stereocenters. The highest BCUT2D eigenvalue weighted by atomic mass is 19.4. The number of halogens is 3. The molecule has 0 aliphatic carbocycles. The zero-order valence-electron chi connectivity index (χ0n) is 14.7. The van der Waals surface area contributed by atoms with E-state index in [0.29, 0.717) is 13.1 Å². The van der Waals surface area contributed by atoms with Crippen LogP contribution in [-0.2, 0) is 0 Å². The van der Waals surface area contributed by atoms with Gasteiger partial charge in [-0.1, -0.05) is 30.3 Å². The molecule has 0 spiro atoms. The number of hydrogen-bond acceptors (Lipinski definition) is 3. The van der Waals surface area contributed by atoms with E-state index in [1.165, 1.54) is 6.07 Å². The monoisotopic (exact) mass is 378 g/mol. The SMILES string of the molecule is O=C(c1cc2n(n1)C(C(F)(F)F)CC(c1ccccc1)N2)N1CCCCC1. The van der Waals surface area contributed by atoms with E-state index >= 15 is 0 Å². The highest BCUT2D eigenvalue weighted by molar-refractivity contribution is 5.93. The molecule has 1 saturated heterocycles. The van der Waals surface area contributed by atoms with Crippen LogP contribution in [0.25, 0.3) is 0 Å². The first-order valence-electron chi connectivity index (χ1n) is 9.20. The maximum absolute atomic E-state index is 13.7. The molecule has 2 aromatic rings. The Kier molecular flexibility index (Phi) is 4.57. The van der Waals surface area contributed by atoms with Crippen LogP contribution in [0, 0.1) is 0 Å². The van der Waals surface area contributed by atoms with Gasteiger partial charge in [0.25, 0.3) is 5.91 Å². The number of fused-ring (bicyclic) bond motifs is 1. The molecule has 8 heteroatoms. The molecule has 1 amide bonds. The minimum Gasteiger partial charge on any atom is -0.363 e. The van der Waals surface area contributed by atoms with Crippen LogP contribution in [0.2, 0.25) is 0 Å². The second-order valence-corrected chi connectivity index (χ2v) is 7.11. The van der Waals surface area contributed by atoms with Gasteiger partial charge >= 0.3 is 6.18 Å². The second kappa shape index (κ2) is 6.90. The third kappa shape index (κ3) is 3.52. The molecule has 2 aliphatic heterocycles. The molecule has 144 valence electrons. The minimum absolute atomic E-state index is 0.0716. The number of amides is 1. The smallest absolute Gasteiger partial charge is 0.363 e. The molecule has 5 nitrogen and oxygen atoms in total. The summed E-state index contributed by atoms with van der Waals surface area (Å²) in [7, 11) is 0. The average Bonchev–Trinajstić information content (AvgIpc) is 3.11. The van der Waals surface area contributed by atoms with Crippen molar-refractivity contribution in [3.8, 4) is 0 Å². The molecule has 0 radical (unpaired) electrons.